The van der Waals surface area contributed by atoms with Gasteiger partial charge in [-0.1, -0.05) is 29.8 Å². The smallest absolute Gasteiger partial charge is 0.0558 e. The molecule has 2 rings (SSSR count). The minimum atomic E-state index is 0.288. The molecule has 1 aliphatic rings. The Balaban J connectivity index is 1.64. The molecular formula is C16H26N2O. The lowest BCUT2D eigenvalue weighted by atomic mass is 9.96. The molecule has 0 aliphatic carbocycles. The van der Waals surface area contributed by atoms with Crippen LogP contribution in [0.2, 0.25) is 0 Å². The summed E-state index contributed by atoms with van der Waals surface area (Å²) in [5.41, 5.74) is 2.70. The van der Waals surface area contributed by atoms with Gasteiger partial charge in [-0.25, -0.2) is 0 Å². The number of aliphatic hydroxyl groups is 1. The van der Waals surface area contributed by atoms with Crippen LogP contribution in [0.15, 0.2) is 24.3 Å². The lowest BCUT2D eigenvalue weighted by Gasteiger charge is -2.31. The van der Waals surface area contributed by atoms with Gasteiger partial charge in [0.05, 0.1) is 6.61 Å². The van der Waals surface area contributed by atoms with Crippen LogP contribution >= 0.6 is 0 Å². The molecule has 0 bridgehead atoms. The van der Waals surface area contributed by atoms with Crippen molar-refractivity contribution < 1.29 is 5.11 Å². The highest BCUT2D eigenvalue weighted by molar-refractivity contribution is 5.21. The Labute approximate surface area is 116 Å². The molecule has 0 spiro atoms. The van der Waals surface area contributed by atoms with E-state index in [1.165, 1.54) is 24.0 Å². The third kappa shape index (κ3) is 4.94. The van der Waals surface area contributed by atoms with E-state index >= 15 is 0 Å². The second kappa shape index (κ2) is 7.63. The van der Waals surface area contributed by atoms with E-state index in [0.29, 0.717) is 0 Å². The van der Waals surface area contributed by atoms with Gasteiger partial charge in [-0.2, -0.15) is 0 Å². The van der Waals surface area contributed by atoms with Crippen molar-refractivity contribution in [3.8, 4) is 0 Å². The number of piperidine rings is 1. The molecule has 3 nitrogen and oxygen atoms in total. The fraction of sp³-hybridized carbons (Fsp3) is 0.625. The Morgan fingerprint density at radius 3 is 2.79 bits per heavy atom. The maximum Gasteiger partial charge on any atom is 0.0558 e. The standard InChI is InChI=1S/C16H26N2O/c1-14-3-2-4-16(11-14)13-17-12-15-5-7-18(8-6-15)9-10-19/h2-4,11,15,17,19H,5-10,12-13H2,1H3. The van der Waals surface area contributed by atoms with E-state index in [2.05, 4.69) is 41.4 Å². The van der Waals surface area contributed by atoms with E-state index in [4.69, 9.17) is 5.11 Å². The van der Waals surface area contributed by atoms with Crippen molar-refractivity contribution in [3.63, 3.8) is 0 Å². The highest BCUT2D eigenvalue weighted by Gasteiger charge is 2.18. The molecule has 1 aliphatic heterocycles. The average Bonchev–Trinajstić information content (AvgIpc) is 2.41. The third-order valence-corrected chi connectivity index (χ3v) is 3.97. The first kappa shape index (κ1) is 14.5. The summed E-state index contributed by atoms with van der Waals surface area (Å²) in [6.07, 6.45) is 2.50. The van der Waals surface area contributed by atoms with Crippen molar-refractivity contribution in [3.05, 3.63) is 35.4 Å². The van der Waals surface area contributed by atoms with E-state index in [1.807, 2.05) is 0 Å². The molecule has 1 fully saturated rings. The van der Waals surface area contributed by atoms with Gasteiger partial charge in [-0.15, -0.1) is 0 Å². The van der Waals surface area contributed by atoms with Crippen molar-refractivity contribution >= 4 is 0 Å². The van der Waals surface area contributed by atoms with Crippen molar-refractivity contribution in [1.82, 2.24) is 10.2 Å². The van der Waals surface area contributed by atoms with E-state index in [1.54, 1.807) is 0 Å². The summed E-state index contributed by atoms with van der Waals surface area (Å²) >= 11 is 0. The number of aliphatic hydroxyl groups excluding tert-OH is 1. The third-order valence-electron chi connectivity index (χ3n) is 3.97. The average molecular weight is 262 g/mol. The number of hydrogen-bond donors (Lipinski definition) is 2. The Hall–Kier alpha value is -0.900. The lowest BCUT2D eigenvalue weighted by Crippen LogP contribution is -2.38. The molecule has 1 saturated heterocycles. The minimum absolute atomic E-state index is 0.288. The van der Waals surface area contributed by atoms with Crippen molar-refractivity contribution in [1.29, 1.82) is 0 Å². The van der Waals surface area contributed by atoms with Gasteiger partial charge in [-0.3, -0.25) is 0 Å². The zero-order chi connectivity index (χ0) is 13.5. The fourth-order valence-electron chi connectivity index (χ4n) is 2.80. The van der Waals surface area contributed by atoms with E-state index in [9.17, 15) is 0 Å². The number of rotatable bonds is 6. The second-order valence-corrected chi connectivity index (χ2v) is 5.63. The zero-order valence-electron chi connectivity index (χ0n) is 11.9. The summed E-state index contributed by atoms with van der Waals surface area (Å²) in [6.45, 7) is 7.62. The number of nitrogens with one attached hydrogen (secondary N) is 1. The van der Waals surface area contributed by atoms with Crippen LogP contribution < -0.4 is 5.32 Å². The van der Waals surface area contributed by atoms with Gasteiger partial charge in [0.2, 0.25) is 0 Å². The Morgan fingerprint density at radius 2 is 2.11 bits per heavy atom. The number of nitrogens with zero attached hydrogens (tertiary/aromatic N) is 1. The van der Waals surface area contributed by atoms with Crippen LogP contribution in [-0.4, -0.2) is 42.8 Å². The SMILES string of the molecule is Cc1cccc(CNCC2CCN(CCO)CC2)c1. The quantitative estimate of drug-likeness (QED) is 0.820. The number of aryl methyl sites for hydroxylation is 1. The molecule has 0 amide bonds. The van der Waals surface area contributed by atoms with Gasteiger partial charge in [0.15, 0.2) is 0 Å². The molecule has 19 heavy (non-hydrogen) atoms. The minimum Gasteiger partial charge on any atom is -0.395 e. The van der Waals surface area contributed by atoms with Gasteiger partial charge in [0, 0.05) is 13.1 Å². The maximum absolute atomic E-state index is 8.92. The Morgan fingerprint density at radius 1 is 1.32 bits per heavy atom. The van der Waals surface area contributed by atoms with Gasteiger partial charge in [-0.05, 0) is 50.9 Å². The summed E-state index contributed by atoms with van der Waals surface area (Å²) in [6, 6.07) is 8.70. The number of hydrogen-bond acceptors (Lipinski definition) is 3. The van der Waals surface area contributed by atoms with Crippen LogP contribution in [0.3, 0.4) is 0 Å². The van der Waals surface area contributed by atoms with Crippen LogP contribution in [0, 0.1) is 12.8 Å². The summed E-state index contributed by atoms with van der Waals surface area (Å²) in [5, 5.41) is 12.5. The second-order valence-electron chi connectivity index (χ2n) is 5.63. The normalized spacial score (nSPS) is 17.8. The lowest BCUT2D eigenvalue weighted by molar-refractivity contribution is 0.146. The summed E-state index contributed by atoms with van der Waals surface area (Å²) in [4.78, 5) is 2.36. The van der Waals surface area contributed by atoms with Crippen molar-refractivity contribution in [2.75, 3.05) is 32.8 Å². The predicted molar refractivity (Wildman–Crippen MR) is 79.1 cm³/mol. The number of β-amino-alcohol motifs (C(OH)–C–C–N with tert-alkyl or cyclic N) is 1. The molecule has 2 N–H and O–H groups in total. The van der Waals surface area contributed by atoms with Gasteiger partial charge < -0.3 is 15.3 Å². The molecule has 0 atom stereocenters. The highest BCUT2D eigenvalue weighted by atomic mass is 16.3. The molecule has 0 saturated carbocycles. The Kier molecular flexibility index (Phi) is 5.83. The van der Waals surface area contributed by atoms with E-state index in [0.717, 1.165) is 38.6 Å². The molecule has 0 aromatic heterocycles. The zero-order valence-corrected chi connectivity index (χ0v) is 11.9. The number of likely N-dealkylation sites (tertiary alicyclic amines) is 1. The summed E-state index contributed by atoms with van der Waals surface area (Å²) < 4.78 is 0. The maximum atomic E-state index is 8.92. The monoisotopic (exact) mass is 262 g/mol. The Bertz CT molecular complexity index is 373. The first-order chi connectivity index (χ1) is 9.28. The predicted octanol–water partition coefficient (Wildman–Crippen LogP) is 1.79. The van der Waals surface area contributed by atoms with Gasteiger partial charge in [0.25, 0.3) is 0 Å². The molecule has 3 heteroatoms. The molecule has 1 aromatic carbocycles. The van der Waals surface area contributed by atoms with E-state index in [-0.39, 0.29) is 6.61 Å². The van der Waals surface area contributed by atoms with Gasteiger partial charge >= 0.3 is 0 Å². The first-order valence-corrected chi connectivity index (χ1v) is 7.37. The van der Waals surface area contributed by atoms with Crippen LogP contribution in [0.1, 0.15) is 24.0 Å². The largest absolute Gasteiger partial charge is 0.395 e. The van der Waals surface area contributed by atoms with Crippen LogP contribution in [0.5, 0.6) is 0 Å². The molecular weight excluding hydrogens is 236 g/mol. The summed E-state index contributed by atoms with van der Waals surface area (Å²) in [7, 11) is 0. The van der Waals surface area contributed by atoms with Crippen molar-refractivity contribution in [2.45, 2.75) is 26.3 Å². The van der Waals surface area contributed by atoms with Crippen LogP contribution in [0.4, 0.5) is 0 Å². The molecule has 0 radical (unpaired) electrons. The molecule has 106 valence electrons. The van der Waals surface area contributed by atoms with Crippen LogP contribution in [-0.2, 0) is 6.54 Å². The van der Waals surface area contributed by atoms with Crippen LogP contribution in [0.25, 0.3) is 0 Å². The first-order valence-electron chi connectivity index (χ1n) is 7.37. The summed E-state index contributed by atoms with van der Waals surface area (Å²) in [5.74, 6) is 0.791. The molecule has 0 unspecified atom stereocenters. The van der Waals surface area contributed by atoms with E-state index < -0.39 is 0 Å². The number of benzene rings is 1. The molecule has 1 heterocycles. The van der Waals surface area contributed by atoms with Gasteiger partial charge in [0.1, 0.15) is 0 Å². The van der Waals surface area contributed by atoms with Crippen molar-refractivity contribution in [2.24, 2.45) is 5.92 Å². The highest BCUT2D eigenvalue weighted by Crippen LogP contribution is 2.16. The molecule has 1 aromatic rings. The topological polar surface area (TPSA) is 35.5 Å². The fourth-order valence-corrected chi connectivity index (χ4v) is 2.80.